The molecule has 0 radical (unpaired) electrons. The van der Waals surface area contributed by atoms with Crippen LogP contribution in [0.2, 0.25) is 0 Å². The zero-order chi connectivity index (χ0) is 26.2. The van der Waals surface area contributed by atoms with Gasteiger partial charge in [0.1, 0.15) is 11.4 Å². The minimum atomic E-state index is -4.68. The Labute approximate surface area is 197 Å². The summed E-state index contributed by atoms with van der Waals surface area (Å²) in [5, 5.41) is 15.1. The monoisotopic (exact) mass is 523 g/mol. The second-order valence-electron chi connectivity index (χ2n) is 7.97. The van der Waals surface area contributed by atoms with Crippen molar-refractivity contribution in [2.75, 3.05) is 10.5 Å². The largest absolute Gasteiger partial charge is 0.416 e. The van der Waals surface area contributed by atoms with Crippen LogP contribution in [-0.4, -0.2) is 41.6 Å². The fraction of sp³-hybridized carbons (Fsp3) is 0.409. The summed E-state index contributed by atoms with van der Waals surface area (Å²) in [6.45, 7) is 2.85. The molecule has 3 rings (SSSR count). The Morgan fingerprint density at radius 1 is 1.09 bits per heavy atom. The van der Waals surface area contributed by atoms with Crippen LogP contribution in [0.15, 0.2) is 42.6 Å². The van der Waals surface area contributed by atoms with Gasteiger partial charge in [0.25, 0.3) is 0 Å². The van der Waals surface area contributed by atoms with Crippen molar-refractivity contribution in [3.63, 3.8) is 0 Å². The molecule has 6 nitrogen and oxygen atoms in total. The summed E-state index contributed by atoms with van der Waals surface area (Å²) < 4.78 is 109. The summed E-state index contributed by atoms with van der Waals surface area (Å²) in [4.78, 5) is 0. The van der Waals surface area contributed by atoms with E-state index in [9.17, 15) is 39.9 Å². The third kappa shape index (κ3) is 5.25. The number of aromatic nitrogens is 2. The van der Waals surface area contributed by atoms with Crippen molar-refractivity contribution in [3.05, 3.63) is 59.5 Å². The highest BCUT2D eigenvalue weighted by Gasteiger charge is 2.45. The van der Waals surface area contributed by atoms with E-state index in [2.05, 4.69) is 9.82 Å². The Morgan fingerprint density at radius 2 is 1.69 bits per heavy atom. The van der Waals surface area contributed by atoms with Gasteiger partial charge in [-0.1, -0.05) is 19.1 Å². The normalized spacial score (nSPS) is 15.4. The maximum atomic E-state index is 14.5. The lowest BCUT2D eigenvalue weighted by Crippen LogP contribution is -2.48. The molecule has 0 saturated carbocycles. The Balaban J connectivity index is 2.34. The highest BCUT2D eigenvalue weighted by atomic mass is 32.2. The molecule has 35 heavy (non-hydrogen) atoms. The van der Waals surface area contributed by atoms with Crippen molar-refractivity contribution < 1.29 is 39.9 Å². The van der Waals surface area contributed by atoms with Crippen LogP contribution in [-0.2, 0) is 21.7 Å². The number of hydrogen-bond donors (Lipinski definition) is 2. The van der Waals surface area contributed by atoms with Crippen LogP contribution < -0.4 is 4.72 Å². The Hall–Kier alpha value is -2.80. The van der Waals surface area contributed by atoms with Crippen LogP contribution in [0.5, 0.6) is 0 Å². The average Bonchev–Trinajstić information content (AvgIpc) is 3.20. The molecule has 0 bridgehead atoms. The molecule has 0 saturated heterocycles. The van der Waals surface area contributed by atoms with Gasteiger partial charge in [-0.15, -0.1) is 0 Å². The molecule has 2 unspecified atom stereocenters. The average molecular weight is 523 g/mol. The number of alkyl halides is 5. The lowest BCUT2D eigenvalue weighted by molar-refractivity contribution is -0.137. The summed E-state index contributed by atoms with van der Waals surface area (Å²) >= 11 is 0. The van der Waals surface area contributed by atoms with Crippen molar-refractivity contribution in [2.24, 2.45) is 0 Å². The Bertz CT molecular complexity index is 1290. The summed E-state index contributed by atoms with van der Waals surface area (Å²) in [6.07, 6.45) is -9.33. The molecule has 0 spiro atoms. The highest BCUT2D eigenvalue weighted by molar-refractivity contribution is 7.92. The van der Waals surface area contributed by atoms with Gasteiger partial charge in [-0.3, -0.25) is 9.40 Å². The molecule has 0 aliphatic rings. The number of rotatable bonds is 9. The fourth-order valence-corrected chi connectivity index (χ4v) is 4.70. The maximum absolute atomic E-state index is 14.5. The van der Waals surface area contributed by atoms with Crippen LogP contribution in [0.25, 0.3) is 10.9 Å². The first-order chi connectivity index (χ1) is 16.2. The minimum absolute atomic E-state index is 0.0530. The van der Waals surface area contributed by atoms with Crippen molar-refractivity contribution in [1.82, 2.24) is 9.78 Å². The quantitative estimate of drug-likeness (QED) is 0.381. The molecule has 1 heterocycles. The van der Waals surface area contributed by atoms with Crippen molar-refractivity contribution in [1.29, 1.82) is 0 Å². The number of benzene rings is 2. The topological polar surface area (TPSA) is 84.2 Å². The molecule has 3 aromatic rings. The lowest BCUT2D eigenvalue weighted by atomic mass is 9.79. The predicted octanol–water partition coefficient (Wildman–Crippen LogP) is 5.13. The van der Waals surface area contributed by atoms with Gasteiger partial charge in [-0.25, -0.2) is 21.6 Å². The van der Waals surface area contributed by atoms with E-state index >= 15 is 0 Å². The van der Waals surface area contributed by atoms with Gasteiger partial charge >= 0.3 is 6.18 Å². The lowest BCUT2D eigenvalue weighted by Gasteiger charge is -2.39. The standard InChI is InChI=1S/C22H23F6N3O3S/c1-3-19(32)21(11-20(24)25,13-5-7-14(8-6-13)22(26,27)28)31-18-10-15(23)9-17(16(18)12-29-31)30-35(33,34)4-2/h5-10,12,19-20,30,32H,3-4,11H2,1-2H3. The molecule has 0 fully saturated rings. The molecular weight excluding hydrogens is 500 g/mol. The predicted molar refractivity (Wildman–Crippen MR) is 118 cm³/mol. The number of halogens is 6. The second-order valence-corrected chi connectivity index (χ2v) is 9.98. The van der Waals surface area contributed by atoms with Gasteiger partial charge in [0.05, 0.1) is 34.8 Å². The van der Waals surface area contributed by atoms with Crippen LogP contribution in [0.4, 0.5) is 32.0 Å². The van der Waals surface area contributed by atoms with E-state index < -0.39 is 52.1 Å². The third-order valence-electron chi connectivity index (χ3n) is 5.79. The van der Waals surface area contributed by atoms with E-state index in [1.807, 2.05) is 0 Å². The highest BCUT2D eigenvalue weighted by Crippen LogP contribution is 2.41. The van der Waals surface area contributed by atoms with Gasteiger partial charge in [-0.2, -0.15) is 18.3 Å². The number of aliphatic hydroxyl groups is 1. The summed E-state index contributed by atoms with van der Waals surface area (Å²) in [6, 6.07) is 5.16. The second kappa shape index (κ2) is 9.69. The molecule has 2 atom stereocenters. The number of nitrogens with zero attached hydrogens (tertiary/aromatic N) is 2. The maximum Gasteiger partial charge on any atom is 0.416 e. The molecule has 192 valence electrons. The zero-order valence-electron chi connectivity index (χ0n) is 18.7. The fourth-order valence-electron chi connectivity index (χ4n) is 4.05. The number of fused-ring (bicyclic) bond motifs is 1. The molecular formula is C22H23F6N3O3S. The van der Waals surface area contributed by atoms with Gasteiger partial charge in [-0.05, 0) is 43.2 Å². The Kier molecular flexibility index (Phi) is 7.42. The SMILES string of the molecule is CCC(O)C(CC(F)F)(c1ccc(C(F)(F)F)cc1)n1ncc2c(NS(=O)(=O)CC)cc(F)cc21. The van der Waals surface area contributed by atoms with Crippen LogP contribution >= 0.6 is 0 Å². The number of sulfonamides is 1. The van der Waals surface area contributed by atoms with Gasteiger partial charge < -0.3 is 5.11 Å². The van der Waals surface area contributed by atoms with Crippen LogP contribution in [0, 0.1) is 5.82 Å². The van der Waals surface area contributed by atoms with Crippen LogP contribution in [0.1, 0.15) is 37.8 Å². The van der Waals surface area contributed by atoms with E-state index in [-0.39, 0.29) is 34.3 Å². The molecule has 0 amide bonds. The van der Waals surface area contributed by atoms with Crippen molar-refractivity contribution in [2.45, 2.75) is 50.9 Å². The van der Waals surface area contributed by atoms with E-state index in [4.69, 9.17) is 0 Å². The van der Waals surface area contributed by atoms with E-state index in [1.54, 1.807) is 0 Å². The van der Waals surface area contributed by atoms with E-state index in [1.165, 1.54) is 13.8 Å². The Morgan fingerprint density at radius 3 is 2.20 bits per heavy atom. The van der Waals surface area contributed by atoms with Gasteiger partial charge in [0.15, 0.2) is 0 Å². The first-order valence-corrected chi connectivity index (χ1v) is 12.2. The first kappa shape index (κ1) is 26.8. The number of nitrogens with one attached hydrogen (secondary N) is 1. The molecule has 2 aromatic carbocycles. The molecule has 1 aromatic heterocycles. The van der Waals surface area contributed by atoms with Crippen molar-refractivity contribution in [3.8, 4) is 0 Å². The first-order valence-electron chi connectivity index (χ1n) is 10.6. The summed E-state index contributed by atoms with van der Waals surface area (Å²) in [7, 11) is -3.85. The number of anilines is 1. The minimum Gasteiger partial charge on any atom is -0.390 e. The molecule has 2 N–H and O–H groups in total. The van der Waals surface area contributed by atoms with E-state index in [0.717, 1.165) is 35.1 Å². The van der Waals surface area contributed by atoms with Crippen molar-refractivity contribution >= 4 is 26.6 Å². The smallest absolute Gasteiger partial charge is 0.390 e. The van der Waals surface area contributed by atoms with Crippen LogP contribution in [0.3, 0.4) is 0 Å². The number of hydrogen-bond acceptors (Lipinski definition) is 4. The van der Waals surface area contributed by atoms with Gasteiger partial charge in [0.2, 0.25) is 16.4 Å². The third-order valence-corrected chi connectivity index (χ3v) is 7.08. The molecule has 0 aliphatic heterocycles. The number of aliphatic hydroxyl groups excluding tert-OH is 1. The molecule has 0 aliphatic carbocycles. The van der Waals surface area contributed by atoms with E-state index in [0.29, 0.717) is 12.1 Å². The molecule has 13 heteroatoms. The zero-order valence-corrected chi connectivity index (χ0v) is 19.5. The van der Waals surface area contributed by atoms with Gasteiger partial charge in [0, 0.05) is 11.8 Å². The summed E-state index contributed by atoms with van der Waals surface area (Å²) in [5.74, 6) is -1.24. The summed E-state index contributed by atoms with van der Waals surface area (Å²) in [5.41, 5.74) is -3.55.